The lowest BCUT2D eigenvalue weighted by Gasteiger charge is -2.16. The molecule has 1 aliphatic rings. The quantitative estimate of drug-likeness (QED) is 0.883. The van der Waals surface area contributed by atoms with Crippen molar-refractivity contribution in [2.24, 2.45) is 5.92 Å². The standard InChI is InChI=1S/C19H20N2O2/c1-14-6-5-7-15(12-14)13-20-18(22)17-10-11-21(19(17)23)16-8-3-2-4-9-16/h2-9,12,17H,10-11,13H2,1H3,(H,20,22)/t17-/m0/s1. The maximum atomic E-state index is 12.5. The molecule has 2 aromatic rings. The molecule has 1 aliphatic heterocycles. The highest BCUT2D eigenvalue weighted by Gasteiger charge is 2.37. The minimum atomic E-state index is -0.583. The van der Waals surface area contributed by atoms with Gasteiger partial charge in [-0.25, -0.2) is 0 Å². The first-order valence-electron chi connectivity index (χ1n) is 7.85. The molecule has 4 nitrogen and oxygen atoms in total. The first kappa shape index (κ1) is 15.3. The lowest BCUT2D eigenvalue weighted by molar-refractivity contribution is -0.132. The van der Waals surface area contributed by atoms with Crippen LogP contribution in [0.5, 0.6) is 0 Å². The van der Waals surface area contributed by atoms with Crippen molar-refractivity contribution < 1.29 is 9.59 Å². The van der Waals surface area contributed by atoms with Crippen molar-refractivity contribution in [2.45, 2.75) is 19.9 Å². The van der Waals surface area contributed by atoms with Gasteiger partial charge >= 0.3 is 0 Å². The third-order valence-corrected chi connectivity index (χ3v) is 4.14. The molecular formula is C19H20N2O2. The van der Waals surface area contributed by atoms with Gasteiger partial charge in [0.25, 0.3) is 0 Å². The van der Waals surface area contributed by atoms with Crippen molar-refractivity contribution in [3.63, 3.8) is 0 Å². The minimum absolute atomic E-state index is 0.113. The Hall–Kier alpha value is -2.62. The number of carbonyl (C=O) groups is 2. The van der Waals surface area contributed by atoms with E-state index in [1.54, 1.807) is 4.90 Å². The van der Waals surface area contributed by atoms with Crippen LogP contribution < -0.4 is 10.2 Å². The van der Waals surface area contributed by atoms with Gasteiger partial charge in [-0.15, -0.1) is 0 Å². The fraction of sp³-hybridized carbons (Fsp3) is 0.263. The smallest absolute Gasteiger partial charge is 0.239 e. The van der Waals surface area contributed by atoms with Gasteiger partial charge in [0.1, 0.15) is 5.92 Å². The van der Waals surface area contributed by atoms with E-state index in [1.165, 1.54) is 0 Å². The zero-order chi connectivity index (χ0) is 16.2. The molecule has 0 radical (unpaired) electrons. The third-order valence-electron chi connectivity index (χ3n) is 4.14. The maximum Gasteiger partial charge on any atom is 0.239 e. The third kappa shape index (κ3) is 3.42. The molecule has 0 spiro atoms. The van der Waals surface area contributed by atoms with Crippen molar-refractivity contribution in [2.75, 3.05) is 11.4 Å². The number of hydrogen-bond donors (Lipinski definition) is 1. The summed E-state index contributed by atoms with van der Waals surface area (Å²) in [5.74, 6) is -0.882. The summed E-state index contributed by atoms with van der Waals surface area (Å²) in [5.41, 5.74) is 3.05. The van der Waals surface area contributed by atoms with Gasteiger partial charge in [0.2, 0.25) is 11.8 Å². The predicted molar refractivity (Wildman–Crippen MR) is 89.9 cm³/mol. The summed E-state index contributed by atoms with van der Waals surface area (Å²) in [4.78, 5) is 26.5. The van der Waals surface area contributed by atoms with E-state index in [-0.39, 0.29) is 11.8 Å². The van der Waals surface area contributed by atoms with E-state index in [2.05, 4.69) is 5.32 Å². The van der Waals surface area contributed by atoms with Crippen molar-refractivity contribution in [3.8, 4) is 0 Å². The summed E-state index contributed by atoms with van der Waals surface area (Å²) >= 11 is 0. The largest absolute Gasteiger partial charge is 0.351 e. The van der Waals surface area contributed by atoms with E-state index >= 15 is 0 Å². The number of amides is 2. The molecular weight excluding hydrogens is 288 g/mol. The van der Waals surface area contributed by atoms with Crippen LogP contribution in [0.3, 0.4) is 0 Å². The predicted octanol–water partition coefficient (Wildman–Crippen LogP) is 2.66. The number of rotatable bonds is 4. The highest BCUT2D eigenvalue weighted by atomic mass is 16.2. The van der Waals surface area contributed by atoms with Crippen LogP contribution in [0.25, 0.3) is 0 Å². The average molecular weight is 308 g/mol. The summed E-state index contributed by atoms with van der Waals surface area (Å²) in [6.45, 7) is 3.06. The van der Waals surface area contributed by atoms with Crippen molar-refractivity contribution in [1.82, 2.24) is 5.32 Å². The zero-order valence-corrected chi connectivity index (χ0v) is 13.2. The fourth-order valence-electron chi connectivity index (χ4n) is 2.92. The summed E-state index contributed by atoms with van der Waals surface area (Å²) in [6.07, 6.45) is 0.563. The summed E-state index contributed by atoms with van der Waals surface area (Å²) in [6, 6.07) is 17.5. The van der Waals surface area contributed by atoms with Crippen LogP contribution in [-0.2, 0) is 16.1 Å². The van der Waals surface area contributed by atoms with E-state index in [4.69, 9.17) is 0 Å². The molecule has 1 atom stereocenters. The maximum absolute atomic E-state index is 12.5. The molecule has 0 bridgehead atoms. The van der Waals surface area contributed by atoms with Gasteiger partial charge < -0.3 is 10.2 Å². The summed E-state index contributed by atoms with van der Waals surface area (Å²) in [7, 11) is 0. The summed E-state index contributed by atoms with van der Waals surface area (Å²) < 4.78 is 0. The topological polar surface area (TPSA) is 49.4 Å². The molecule has 23 heavy (non-hydrogen) atoms. The first-order chi connectivity index (χ1) is 11.1. The Balaban J connectivity index is 1.61. The number of carbonyl (C=O) groups excluding carboxylic acids is 2. The molecule has 0 aliphatic carbocycles. The number of anilines is 1. The van der Waals surface area contributed by atoms with Gasteiger partial charge in [-0.1, -0.05) is 48.0 Å². The Kier molecular flexibility index (Phi) is 4.42. The Labute approximate surface area is 136 Å². The molecule has 2 amide bonds. The highest BCUT2D eigenvalue weighted by molar-refractivity contribution is 6.09. The van der Waals surface area contributed by atoms with E-state index in [0.29, 0.717) is 19.5 Å². The highest BCUT2D eigenvalue weighted by Crippen LogP contribution is 2.25. The van der Waals surface area contributed by atoms with Crippen LogP contribution in [0, 0.1) is 12.8 Å². The molecule has 118 valence electrons. The molecule has 0 unspecified atom stereocenters. The number of nitrogens with one attached hydrogen (secondary N) is 1. The molecule has 4 heteroatoms. The van der Waals surface area contributed by atoms with Crippen LogP contribution in [0.2, 0.25) is 0 Å². The zero-order valence-electron chi connectivity index (χ0n) is 13.2. The Bertz CT molecular complexity index is 712. The van der Waals surface area contributed by atoms with Gasteiger partial charge in [-0.3, -0.25) is 9.59 Å². The van der Waals surface area contributed by atoms with Crippen LogP contribution in [0.15, 0.2) is 54.6 Å². The van der Waals surface area contributed by atoms with E-state index in [0.717, 1.165) is 16.8 Å². The van der Waals surface area contributed by atoms with Crippen LogP contribution in [0.1, 0.15) is 17.5 Å². The molecule has 1 N–H and O–H groups in total. The lowest BCUT2D eigenvalue weighted by atomic mass is 10.1. The van der Waals surface area contributed by atoms with Gasteiger partial charge in [0.15, 0.2) is 0 Å². The molecule has 1 heterocycles. The van der Waals surface area contributed by atoms with Gasteiger partial charge in [-0.2, -0.15) is 0 Å². The number of benzene rings is 2. The van der Waals surface area contributed by atoms with Crippen LogP contribution in [-0.4, -0.2) is 18.4 Å². The number of nitrogens with zero attached hydrogens (tertiary/aromatic N) is 1. The van der Waals surface area contributed by atoms with Gasteiger partial charge in [-0.05, 0) is 31.0 Å². The van der Waals surface area contributed by atoms with Crippen LogP contribution >= 0.6 is 0 Å². The second kappa shape index (κ2) is 6.65. The first-order valence-corrected chi connectivity index (χ1v) is 7.85. The number of aryl methyl sites for hydroxylation is 1. The SMILES string of the molecule is Cc1cccc(CNC(=O)[C@@H]2CCN(c3ccccc3)C2=O)c1. The minimum Gasteiger partial charge on any atom is -0.351 e. The lowest BCUT2D eigenvalue weighted by Crippen LogP contribution is -2.36. The normalized spacial score (nSPS) is 17.3. The molecule has 3 rings (SSSR count). The van der Waals surface area contributed by atoms with E-state index in [9.17, 15) is 9.59 Å². The molecule has 1 fully saturated rings. The fourth-order valence-corrected chi connectivity index (χ4v) is 2.92. The second-order valence-electron chi connectivity index (χ2n) is 5.87. The Morgan fingerprint density at radius 3 is 2.70 bits per heavy atom. The molecule has 1 saturated heterocycles. The second-order valence-corrected chi connectivity index (χ2v) is 5.87. The number of hydrogen-bond acceptors (Lipinski definition) is 2. The van der Waals surface area contributed by atoms with Crippen LogP contribution in [0.4, 0.5) is 5.69 Å². The number of para-hydroxylation sites is 1. The van der Waals surface area contributed by atoms with E-state index in [1.807, 2.05) is 61.5 Å². The molecule has 0 saturated carbocycles. The van der Waals surface area contributed by atoms with E-state index < -0.39 is 5.92 Å². The molecule has 2 aromatic carbocycles. The monoisotopic (exact) mass is 308 g/mol. The van der Waals surface area contributed by atoms with Gasteiger partial charge in [0, 0.05) is 18.8 Å². The van der Waals surface area contributed by atoms with Crippen molar-refractivity contribution in [1.29, 1.82) is 0 Å². The average Bonchev–Trinajstić information content (AvgIpc) is 2.95. The summed E-state index contributed by atoms with van der Waals surface area (Å²) in [5, 5.41) is 2.88. The Morgan fingerprint density at radius 1 is 1.17 bits per heavy atom. The Morgan fingerprint density at radius 2 is 1.96 bits per heavy atom. The van der Waals surface area contributed by atoms with Crippen molar-refractivity contribution >= 4 is 17.5 Å². The molecule has 0 aromatic heterocycles. The van der Waals surface area contributed by atoms with Gasteiger partial charge in [0.05, 0.1) is 0 Å². The van der Waals surface area contributed by atoms with Crippen molar-refractivity contribution in [3.05, 3.63) is 65.7 Å².